The van der Waals surface area contributed by atoms with E-state index in [0.29, 0.717) is 0 Å². The summed E-state index contributed by atoms with van der Waals surface area (Å²) in [5.74, 6) is 0. The van der Waals surface area contributed by atoms with E-state index in [0.717, 1.165) is 16.6 Å². The van der Waals surface area contributed by atoms with Gasteiger partial charge in [-0.1, -0.05) is 11.3 Å². The van der Waals surface area contributed by atoms with Crippen molar-refractivity contribution in [2.24, 2.45) is 7.05 Å². The summed E-state index contributed by atoms with van der Waals surface area (Å²) in [7, 11) is 1.84. The van der Waals surface area contributed by atoms with Crippen LogP contribution in [0.1, 0.15) is 5.56 Å². The second-order valence-corrected chi connectivity index (χ2v) is 2.69. The predicted octanol–water partition coefficient (Wildman–Crippen LogP) is 0.461. The Labute approximate surface area is 69.4 Å². The molecule has 0 bridgehead atoms. The number of aliphatic hydroxyl groups excluding tert-OH is 1. The molecule has 0 amide bonds. The van der Waals surface area contributed by atoms with Gasteiger partial charge in [-0.25, -0.2) is 4.68 Å². The number of fused-ring (bicyclic) bond motifs is 1. The minimum atomic E-state index is 0.0481. The number of hydrogen-bond donors (Lipinski definition) is 1. The van der Waals surface area contributed by atoms with Crippen molar-refractivity contribution >= 4 is 11.0 Å². The van der Waals surface area contributed by atoms with Crippen molar-refractivity contribution in [1.82, 2.24) is 15.0 Å². The van der Waals surface area contributed by atoms with Gasteiger partial charge >= 0.3 is 0 Å². The van der Waals surface area contributed by atoms with Crippen LogP contribution in [-0.4, -0.2) is 20.1 Å². The molecule has 2 rings (SSSR count). The van der Waals surface area contributed by atoms with Crippen LogP contribution >= 0.6 is 0 Å². The van der Waals surface area contributed by atoms with Gasteiger partial charge in [-0.05, 0) is 17.7 Å². The number of nitrogens with zero attached hydrogens (tertiary/aromatic N) is 3. The maximum absolute atomic E-state index is 8.85. The van der Waals surface area contributed by atoms with Crippen molar-refractivity contribution < 1.29 is 5.11 Å². The van der Waals surface area contributed by atoms with Gasteiger partial charge in [0, 0.05) is 7.05 Å². The van der Waals surface area contributed by atoms with Crippen molar-refractivity contribution in [1.29, 1.82) is 0 Å². The zero-order valence-electron chi connectivity index (χ0n) is 6.73. The Morgan fingerprint density at radius 2 is 2.33 bits per heavy atom. The molecule has 0 atom stereocenters. The minimum absolute atomic E-state index is 0.0481. The fourth-order valence-corrected chi connectivity index (χ4v) is 1.18. The Balaban J connectivity index is 2.69. The molecule has 0 aliphatic heterocycles. The Bertz CT molecular complexity index is 408. The molecule has 0 fully saturated rings. The van der Waals surface area contributed by atoms with Crippen LogP contribution in [-0.2, 0) is 13.7 Å². The fourth-order valence-electron chi connectivity index (χ4n) is 1.18. The van der Waals surface area contributed by atoms with E-state index >= 15 is 0 Å². The van der Waals surface area contributed by atoms with Crippen LogP contribution in [0.2, 0.25) is 0 Å². The van der Waals surface area contributed by atoms with Crippen molar-refractivity contribution in [3.63, 3.8) is 0 Å². The normalized spacial score (nSPS) is 10.8. The highest BCUT2D eigenvalue weighted by atomic mass is 16.3. The van der Waals surface area contributed by atoms with Crippen LogP contribution in [0, 0.1) is 0 Å². The fraction of sp³-hybridized carbons (Fsp3) is 0.250. The largest absolute Gasteiger partial charge is 0.392 e. The lowest BCUT2D eigenvalue weighted by Crippen LogP contribution is -1.89. The average Bonchev–Trinajstić information content (AvgIpc) is 2.47. The summed E-state index contributed by atoms with van der Waals surface area (Å²) in [4.78, 5) is 0. The minimum Gasteiger partial charge on any atom is -0.392 e. The van der Waals surface area contributed by atoms with Crippen molar-refractivity contribution in [3.05, 3.63) is 23.8 Å². The van der Waals surface area contributed by atoms with Gasteiger partial charge in [0.25, 0.3) is 0 Å². The first-order chi connectivity index (χ1) is 5.81. The molecule has 1 N–H and O–H groups in total. The van der Waals surface area contributed by atoms with Crippen LogP contribution in [0.25, 0.3) is 11.0 Å². The van der Waals surface area contributed by atoms with Crippen molar-refractivity contribution in [3.8, 4) is 0 Å². The highest BCUT2D eigenvalue weighted by molar-refractivity contribution is 5.74. The van der Waals surface area contributed by atoms with E-state index < -0.39 is 0 Å². The summed E-state index contributed by atoms with van der Waals surface area (Å²) >= 11 is 0. The molecule has 0 unspecified atom stereocenters. The van der Waals surface area contributed by atoms with E-state index in [-0.39, 0.29) is 6.61 Å². The molecule has 0 saturated heterocycles. The third kappa shape index (κ3) is 0.967. The highest BCUT2D eigenvalue weighted by Gasteiger charge is 2.00. The zero-order chi connectivity index (χ0) is 8.55. The first-order valence-corrected chi connectivity index (χ1v) is 3.70. The Hall–Kier alpha value is -1.42. The SMILES string of the molecule is Cn1nnc2cc(CO)ccc21. The number of aliphatic hydroxyl groups is 1. The number of rotatable bonds is 1. The molecule has 4 nitrogen and oxygen atoms in total. The molecule has 1 aromatic carbocycles. The zero-order valence-corrected chi connectivity index (χ0v) is 6.73. The summed E-state index contributed by atoms with van der Waals surface area (Å²) in [6, 6.07) is 5.61. The molecular formula is C8H9N3O. The van der Waals surface area contributed by atoms with E-state index in [9.17, 15) is 0 Å². The molecule has 1 heterocycles. The first-order valence-electron chi connectivity index (χ1n) is 3.70. The third-order valence-corrected chi connectivity index (χ3v) is 1.86. The van der Waals surface area contributed by atoms with Gasteiger partial charge in [0.15, 0.2) is 0 Å². The van der Waals surface area contributed by atoms with Crippen molar-refractivity contribution in [2.45, 2.75) is 6.61 Å². The Morgan fingerprint density at radius 3 is 3.08 bits per heavy atom. The maximum Gasteiger partial charge on any atom is 0.113 e. The molecule has 0 spiro atoms. The number of aromatic nitrogens is 3. The quantitative estimate of drug-likeness (QED) is 0.664. The van der Waals surface area contributed by atoms with Gasteiger partial charge in [-0.2, -0.15) is 0 Å². The summed E-state index contributed by atoms with van der Waals surface area (Å²) in [6.07, 6.45) is 0. The molecule has 4 heteroatoms. The van der Waals surface area contributed by atoms with E-state index in [1.54, 1.807) is 4.68 Å². The average molecular weight is 163 g/mol. The van der Waals surface area contributed by atoms with Crippen LogP contribution in [0.5, 0.6) is 0 Å². The van der Waals surface area contributed by atoms with Gasteiger partial charge in [0.2, 0.25) is 0 Å². The van der Waals surface area contributed by atoms with Gasteiger partial charge < -0.3 is 5.11 Å². The van der Waals surface area contributed by atoms with Gasteiger partial charge in [-0.3, -0.25) is 0 Å². The number of aryl methyl sites for hydroxylation is 1. The molecule has 0 aliphatic rings. The molecule has 0 saturated carbocycles. The lowest BCUT2D eigenvalue weighted by Gasteiger charge is -1.94. The van der Waals surface area contributed by atoms with E-state index in [1.165, 1.54) is 0 Å². The monoisotopic (exact) mass is 163 g/mol. The molecule has 0 aliphatic carbocycles. The van der Waals surface area contributed by atoms with E-state index in [1.807, 2.05) is 25.2 Å². The Morgan fingerprint density at radius 1 is 1.50 bits per heavy atom. The predicted molar refractivity (Wildman–Crippen MR) is 44.4 cm³/mol. The van der Waals surface area contributed by atoms with Crippen LogP contribution < -0.4 is 0 Å². The number of benzene rings is 1. The highest BCUT2D eigenvalue weighted by Crippen LogP contribution is 2.11. The van der Waals surface area contributed by atoms with Gasteiger partial charge in [0.05, 0.1) is 12.1 Å². The molecule has 12 heavy (non-hydrogen) atoms. The molecule has 2 aromatic rings. The van der Waals surface area contributed by atoms with Crippen LogP contribution in [0.4, 0.5) is 0 Å². The maximum atomic E-state index is 8.85. The summed E-state index contributed by atoms with van der Waals surface area (Å²) in [5.41, 5.74) is 2.67. The van der Waals surface area contributed by atoms with Gasteiger partial charge in [0.1, 0.15) is 5.52 Å². The standard InChI is InChI=1S/C8H9N3O/c1-11-8-3-2-6(5-12)4-7(8)9-10-11/h2-4,12H,5H2,1H3. The van der Waals surface area contributed by atoms with Gasteiger partial charge in [-0.15, -0.1) is 5.10 Å². The first kappa shape index (κ1) is 7.24. The number of hydrogen-bond acceptors (Lipinski definition) is 3. The summed E-state index contributed by atoms with van der Waals surface area (Å²) < 4.78 is 1.70. The molecule has 0 radical (unpaired) electrons. The lowest BCUT2D eigenvalue weighted by atomic mass is 10.2. The smallest absolute Gasteiger partial charge is 0.113 e. The Kier molecular flexibility index (Phi) is 1.55. The third-order valence-electron chi connectivity index (χ3n) is 1.86. The lowest BCUT2D eigenvalue weighted by molar-refractivity contribution is 0.282. The summed E-state index contributed by atoms with van der Waals surface area (Å²) in [5, 5.41) is 16.6. The summed E-state index contributed by atoms with van der Waals surface area (Å²) in [6.45, 7) is 0.0481. The second kappa shape index (κ2) is 2.57. The van der Waals surface area contributed by atoms with E-state index in [4.69, 9.17) is 5.11 Å². The molecule has 1 aromatic heterocycles. The van der Waals surface area contributed by atoms with Crippen LogP contribution in [0.3, 0.4) is 0 Å². The molecule has 62 valence electrons. The van der Waals surface area contributed by atoms with Crippen molar-refractivity contribution in [2.75, 3.05) is 0 Å². The second-order valence-electron chi connectivity index (χ2n) is 2.69. The topological polar surface area (TPSA) is 50.9 Å². The van der Waals surface area contributed by atoms with Crippen LogP contribution in [0.15, 0.2) is 18.2 Å². The molecular weight excluding hydrogens is 154 g/mol. The van der Waals surface area contributed by atoms with E-state index in [2.05, 4.69) is 10.3 Å².